The van der Waals surface area contributed by atoms with E-state index in [1.165, 1.54) is 12.8 Å². The van der Waals surface area contributed by atoms with Crippen LogP contribution in [0.15, 0.2) is 0 Å². The van der Waals surface area contributed by atoms with Crippen LogP contribution in [0.2, 0.25) is 0 Å². The molecule has 3 N–H and O–H groups in total. The van der Waals surface area contributed by atoms with Gasteiger partial charge in [-0.3, -0.25) is 0 Å². The third kappa shape index (κ3) is 5.28. The van der Waals surface area contributed by atoms with Crippen molar-refractivity contribution in [2.45, 2.75) is 70.0 Å². The molecule has 3 heteroatoms. The van der Waals surface area contributed by atoms with Crippen LogP contribution in [-0.2, 0) is 0 Å². The molecule has 0 aromatic rings. The highest BCUT2D eigenvalue weighted by atomic mass is 16.3. The van der Waals surface area contributed by atoms with E-state index >= 15 is 0 Å². The lowest BCUT2D eigenvalue weighted by Crippen LogP contribution is -2.42. The summed E-state index contributed by atoms with van der Waals surface area (Å²) in [7, 11) is 0. The van der Waals surface area contributed by atoms with Crippen molar-refractivity contribution in [2.24, 2.45) is 0 Å². The Labute approximate surface area is 99.3 Å². The van der Waals surface area contributed by atoms with Crippen LogP contribution in [0, 0.1) is 0 Å². The van der Waals surface area contributed by atoms with E-state index in [4.69, 9.17) is 0 Å². The molecule has 96 valence electrons. The topological polar surface area (TPSA) is 52.5 Å². The first-order valence-electron chi connectivity index (χ1n) is 6.77. The second-order valence-electron chi connectivity index (χ2n) is 5.21. The third-order valence-corrected chi connectivity index (χ3v) is 3.49. The van der Waals surface area contributed by atoms with E-state index in [2.05, 4.69) is 12.2 Å². The van der Waals surface area contributed by atoms with E-state index in [9.17, 15) is 10.2 Å². The summed E-state index contributed by atoms with van der Waals surface area (Å²) < 4.78 is 0. The zero-order valence-corrected chi connectivity index (χ0v) is 10.5. The summed E-state index contributed by atoms with van der Waals surface area (Å²) >= 11 is 0. The maximum atomic E-state index is 10.3. The normalized spacial score (nSPS) is 22.7. The Bertz CT molecular complexity index is 177. The second kappa shape index (κ2) is 7.25. The predicted octanol–water partition coefficient (Wildman–Crippen LogP) is 1.82. The number of aliphatic hydroxyl groups excluding tert-OH is 1. The Hall–Kier alpha value is -0.120. The van der Waals surface area contributed by atoms with E-state index in [1.54, 1.807) is 0 Å². The summed E-state index contributed by atoms with van der Waals surface area (Å²) in [6, 6.07) is 0. The SMILES string of the molecule is CCCC(O)CNCC1(O)CCCCCC1. The van der Waals surface area contributed by atoms with Crippen molar-refractivity contribution in [2.75, 3.05) is 13.1 Å². The Kier molecular flexibility index (Phi) is 6.32. The van der Waals surface area contributed by atoms with Gasteiger partial charge in [-0.15, -0.1) is 0 Å². The lowest BCUT2D eigenvalue weighted by atomic mass is 9.94. The molecule has 0 amide bonds. The standard InChI is InChI=1S/C13H27NO2/c1-2-7-12(15)10-14-11-13(16)8-5-3-4-6-9-13/h12,14-16H,2-11H2,1H3. The molecule has 1 aliphatic carbocycles. The van der Waals surface area contributed by atoms with Gasteiger partial charge in [0.05, 0.1) is 11.7 Å². The number of aliphatic hydroxyl groups is 2. The molecule has 0 bridgehead atoms. The lowest BCUT2D eigenvalue weighted by molar-refractivity contribution is 0.0221. The highest BCUT2D eigenvalue weighted by molar-refractivity contribution is 4.83. The van der Waals surface area contributed by atoms with Crippen LogP contribution in [0.1, 0.15) is 58.3 Å². The molecular formula is C13H27NO2. The van der Waals surface area contributed by atoms with Crippen LogP contribution in [0.5, 0.6) is 0 Å². The number of hydrogen-bond donors (Lipinski definition) is 3. The van der Waals surface area contributed by atoms with E-state index < -0.39 is 5.60 Å². The van der Waals surface area contributed by atoms with Crippen molar-refractivity contribution in [3.8, 4) is 0 Å². The fourth-order valence-electron chi connectivity index (χ4n) is 2.47. The van der Waals surface area contributed by atoms with E-state index in [0.29, 0.717) is 13.1 Å². The first-order chi connectivity index (χ1) is 7.66. The van der Waals surface area contributed by atoms with Gasteiger partial charge in [-0.25, -0.2) is 0 Å². The number of nitrogens with one attached hydrogen (secondary N) is 1. The summed E-state index contributed by atoms with van der Waals surface area (Å²) in [4.78, 5) is 0. The molecule has 1 fully saturated rings. The number of hydrogen-bond acceptors (Lipinski definition) is 3. The quantitative estimate of drug-likeness (QED) is 0.609. The van der Waals surface area contributed by atoms with Gasteiger partial charge in [0.25, 0.3) is 0 Å². The van der Waals surface area contributed by atoms with Crippen molar-refractivity contribution < 1.29 is 10.2 Å². The fraction of sp³-hybridized carbons (Fsp3) is 1.00. The van der Waals surface area contributed by atoms with Crippen molar-refractivity contribution in [1.82, 2.24) is 5.32 Å². The Morgan fingerprint density at radius 2 is 1.81 bits per heavy atom. The van der Waals surface area contributed by atoms with Gasteiger partial charge in [0.2, 0.25) is 0 Å². The van der Waals surface area contributed by atoms with Gasteiger partial charge in [0.15, 0.2) is 0 Å². The first kappa shape index (κ1) is 13.9. The van der Waals surface area contributed by atoms with Crippen molar-refractivity contribution in [3.05, 3.63) is 0 Å². The molecular weight excluding hydrogens is 202 g/mol. The monoisotopic (exact) mass is 229 g/mol. The van der Waals surface area contributed by atoms with Gasteiger partial charge >= 0.3 is 0 Å². The third-order valence-electron chi connectivity index (χ3n) is 3.49. The molecule has 0 radical (unpaired) electrons. The van der Waals surface area contributed by atoms with Crippen LogP contribution in [0.3, 0.4) is 0 Å². The molecule has 0 spiro atoms. The van der Waals surface area contributed by atoms with Gasteiger partial charge in [-0.05, 0) is 19.3 Å². The van der Waals surface area contributed by atoms with Gasteiger partial charge in [0.1, 0.15) is 0 Å². The molecule has 16 heavy (non-hydrogen) atoms. The predicted molar refractivity (Wildman–Crippen MR) is 66.4 cm³/mol. The van der Waals surface area contributed by atoms with Gasteiger partial charge in [-0.1, -0.05) is 39.0 Å². The lowest BCUT2D eigenvalue weighted by Gasteiger charge is -2.27. The molecule has 0 aliphatic heterocycles. The zero-order valence-electron chi connectivity index (χ0n) is 10.5. The average molecular weight is 229 g/mol. The highest BCUT2D eigenvalue weighted by Crippen LogP contribution is 2.26. The van der Waals surface area contributed by atoms with Crippen molar-refractivity contribution in [3.63, 3.8) is 0 Å². The van der Waals surface area contributed by atoms with Crippen molar-refractivity contribution in [1.29, 1.82) is 0 Å². The van der Waals surface area contributed by atoms with Crippen LogP contribution in [0.25, 0.3) is 0 Å². The number of rotatable bonds is 6. The summed E-state index contributed by atoms with van der Waals surface area (Å²) in [6.07, 6.45) is 8.17. The van der Waals surface area contributed by atoms with Gasteiger partial charge in [0, 0.05) is 13.1 Å². The Morgan fingerprint density at radius 3 is 2.38 bits per heavy atom. The molecule has 1 atom stereocenters. The summed E-state index contributed by atoms with van der Waals surface area (Å²) in [5.41, 5.74) is -0.525. The molecule has 0 aromatic heterocycles. The van der Waals surface area contributed by atoms with Gasteiger partial charge < -0.3 is 15.5 Å². The summed E-state index contributed by atoms with van der Waals surface area (Å²) in [6.45, 7) is 3.31. The molecule has 0 heterocycles. The molecule has 0 aromatic carbocycles. The van der Waals surface area contributed by atoms with Crippen LogP contribution in [0.4, 0.5) is 0 Å². The fourth-order valence-corrected chi connectivity index (χ4v) is 2.47. The van der Waals surface area contributed by atoms with E-state index in [1.807, 2.05) is 0 Å². The first-order valence-corrected chi connectivity index (χ1v) is 6.77. The minimum absolute atomic E-state index is 0.264. The average Bonchev–Trinajstić information content (AvgIpc) is 2.44. The minimum Gasteiger partial charge on any atom is -0.392 e. The largest absolute Gasteiger partial charge is 0.392 e. The molecule has 1 saturated carbocycles. The van der Waals surface area contributed by atoms with E-state index in [0.717, 1.165) is 38.5 Å². The molecule has 1 unspecified atom stereocenters. The molecule has 3 nitrogen and oxygen atoms in total. The maximum absolute atomic E-state index is 10.3. The summed E-state index contributed by atoms with van der Waals surface area (Å²) in [5, 5.41) is 23.1. The zero-order chi connectivity index (χ0) is 11.9. The van der Waals surface area contributed by atoms with Crippen LogP contribution >= 0.6 is 0 Å². The molecule has 0 saturated heterocycles. The van der Waals surface area contributed by atoms with Crippen LogP contribution in [-0.4, -0.2) is 35.0 Å². The summed E-state index contributed by atoms with van der Waals surface area (Å²) in [5.74, 6) is 0. The van der Waals surface area contributed by atoms with Crippen molar-refractivity contribution >= 4 is 0 Å². The second-order valence-corrected chi connectivity index (χ2v) is 5.21. The molecule has 1 rings (SSSR count). The molecule has 1 aliphatic rings. The van der Waals surface area contributed by atoms with Gasteiger partial charge in [-0.2, -0.15) is 0 Å². The van der Waals surface area contributed by atoms with E-state index in [-0.39, 0.29) is 6.10 Å². The Morgan fingerprint density at radius 1 is 1.19 bits per heavy atom. The highest BCUT2D eigenvalue weighted by Gasteiger charge is 2.27. The smallest absolute Gasteiger partial charge is 0.0771 e. The maximum Gasteiger partial charge on any atom is 0.0771 e. The Balaban J connectivity index is 2.19. The minimum atomic E-state index is -0.525. The van der Waals surface area contributed by atoms with Crippen LogP contribution < -0.4 is 5.32 Å².